The number of carbonyl (C=O) groups is 3. The summed E-state index contributed by atoms with van der Waals surface area (Å²) in [4.78, 5) is 38.1. The van der Waals surface area contributed by atoms with Gasteiger partial charge in [0.15, 0.2) is 6.10 Å². The zero-order valence-electron chi connectivity index (χ0n) is 45.8. The number of hydrogen-bond acceptors (Lipinski definition) is 6. The van der Waals surface area contributed by atoms with Gasteiger partial charge in [0.1, 0.15) is 13.2 Å². The van der Waals surface area contributed by atoms with Gasteiger partial charge in [-0.25, -0.2) is 0 Å². The Kier molecular flexibility index (Phi) is 55.3. The van der Waals surface area contributed by atoms with Crippen LogP contribution in [-0.2, 0) is 28.6 Å². The van der Waals surface area contributed by atoms with Crippen molar-refractivity contribution in [3.05, 3.63) is 60.8 Å². The van der Waals surface area contributed by atoms with Crippen LogP contribution in [0.4, 0.5) is 0 Å². The number of unbranched alkanes of at least 4 members (excludes halogenated alkanes) is 34. The van der Waals surface area contributed by atoms with E-state index in [2.05, 4.69) is 69.4 Å². The van der Waals surface area contributed by atoms with Gasteiger partial charge in [-0.2, -0.15) is 0 Å². The van der Waals surface area contributed by atoms with E-state index in [0.29, 0.717) is 12.8 Å². The van der Waals surface area contributed by atoms with Crippen molar-refractivity contribution in [2.75, 3.05) is 13.2 Å². The fourth-order valence-corrected chi connectivity index (χ4v) is 8.64. The molecule has 0 aromatic rings. The van der Waals surface area contributed by atoms with Gasteiger partial charge in [-0.3, -0.25) is 14.4 Å². The first kappa shape index (κ1) is 66.1. The second kappa shape index (κ2) is 57.7. The number of carbonyl (C=O) groups excluding carboxylic acids is 3. The zero-order chi connectivity index (χ0) is 50.0. The molecule has 0 heterocycles. The van der Waals surface area contributed by atoms with Gasteiger partial charge in [0, 0.05) is 12.8 Å². The molecule has 0 amide bonds. The predicted octanol–water partition coefficient (Wildman–Crippen LogP) is 20.0. The van der Waals surface area contributed by atoms with Crippen LogP contribution >= 0.6 is 0 Å². The highest BCUT2D eigenvalue weighted by atomic mass is 16.6. The number of hydrogen-bond donors (Lipinski definition) is 0. The largest absolute Gasteiger partial charge is 0.462 e. The number of rotatable bonds is 54. The molecule has 400 valence electrons. The smallest absolute Gasteiger partial charge is 0.309 e. The Morgan fingerprint density at radius 3 is 0.884 bits per heavy atom. The normalized spacial score (nSPS) is 12.4. The molecule has 0 fully saturated rings. The average molecular weight is 966 g/mol. The van der Waals surface area contributed by atoms with Crippen LogP contribution in [0.1, 0.15) is 303 Å². The lowest BCUT2D eigenvalue weighted by Crippen LogP contribution is -2.30. The van der Waals surface area contributed by atoms with E-state index < -0.39 is 12.1 Å². The minimum absolute atomic E-state index is 0.0995. The summed E-state index contributed by atoms with van der Waals surface area (Å²) >= 11 is 0. The molecule has 0 bridgehead atoms. The maximum absolute atomic E-state index is 12.9. The minimum atomic E-state index is -0.811. The Labute approximate surface area is 428 Å². The van der Waals surface area contributed by atoms with Crippen LogP contribution in [0.25, 0.3) is 0 Å². The summed E-state index contributed by atoms with van der Waals surface area (Å²) in [5, 5.41) is 0. The van der Waals surface area contributed by atoms with Gasteiger partial charge in [0.2, 0.25) is 0 Å². The molecular formula is C63H112O6. The Morgan fingerprint density at radius 2 is 0.565 bits per heavy atom. The second-order valence-electron chi connectivity index (χ2n) is 19.9. The van der Waals surface area contributed by atoms with Crippen molar-refractivity contribution in [3.8, 4) is 0 Å². The van der Waals surface area contributed by atoms with Gasteiger partial charge < -0.3 is 14.2 Å². The lowest BCUT2D eigenvalue weighted by atomic mass is 10.0. The average Bonchev–Trinajstić information content (AvgIpc) is 3.35. The molecule has 0 aliphatic rings. The summed E-state index contributed by atoms with van der Waals surface area (Å²) in [7, 11) is 0. The number of esters is 3. The topological polar surface area (TPSA) is 78.9 Å². The quantitative estimate of drug-likeness (QED) is 0.0262. The van der Waals surface area contributed by atoms with E-state index in [9.17, 15) is 14.4 Å². The van der Waals surface area contributed by atoms with Crippen LogP contribution in [0, 0.1) is 0 Å². The van der Waals surface area contributed by atoms with Crippen LogP contribution in [0.15, 0.2) is 60.8 Å². The first-order chi connectivity index (χ1) is 34.0. The Bertz CT molecular complexity index is 1250. The van der Waals surface area contributed by atoms with Crippen LogP contribution in [0.2, 0.25) is 0 Å². The molecule has 0 saturated carbocycles. The van der Waals surface area contributed by atoms with Gasteiger partial charge in [-0.15, -0.1) is 0 Å². The van der Waals surface area contributed by atoms with E-state index in [0.717, 1.165) is 70.6 Å². The maximum atomic E-state index is 12.9. The molecule has 0 radical (unpaired) electrons. The molecule has 0 aromatic heterocycles. The van der Waals surface area contributed by atoms with E-state index in [1.165, 1.54) is 193 Å². The lowest BCUT2D eigenvalue weighted by Gasteiger charge is -2.18. The summed E-state index contributed by atoms with van der Waals surface area (Å²) in [6.45, 7) is 6.48. The maximum Gasteiger partial charge on any atom is 0.309 e. The summed E-state index contributed by atoms with van der Waals surface area (Å²) in [5.74, 6) is -1.02. The van der Waals surface area contributed by atoms with Gasteiger partial charge in [0.25, 0.3) is 0 Å². The fraction of sp³-hybridized carbons (Fsp3) is 0.794. The van der Waals surface area contributed by atoms with Crippen LogP contribution < -0.4 is 0 Å². The van der Waals surface area contributed by atoms with Crippen LogP contribution in [0.5, 0.6) is 0 Å². The highest BCUT2D eigenvalue weighted by molar-refractivity contribution is 5.72. The Morgan fingerprint density at radius 1 is 0.304 bits per heavy atom. The van der Waals surface area contributed by atoms with Crippen molar-refractivity contribution in [2.45, 2.75) is 309 Å². The van der Waals surface area contributed by atoms with E-state index in [-0.39, 0.29) is 31.6 Å². The van der Waals surface area contributed by atoms with Crippen molar-refractivity contribution < 1.29 is 28.6 Å². The standard InChI is InChI=1S/C63H112O6/c1-4-7-10-13-16-19-22-25-28-30-32-35-38-41-44-47-50-53-56-62(65)68-59-60(58-67-61(64)55-52-49-46-43-40-37-34-27-24-21-18-15-12-9-6-3)69-63(66)57-54-51-48-45-42-39-36-33-31-29-26-23-20-17-14-11-8-5-2/h9,12,18,21,27,34,40,43,49,52,60H,4-8,10-11,13-17,19-20,22-26,28-33,35-39,41-42,44-48,50-51,53-59H2,1-3H3/b12-9-,21-18-,34-27-,43-40-,52-49-. The summed E-state index contributed by atoms with van der Waals surface area (Å²) in [6, 6.07) is 0. The van der Waals surface area contributed by atoms with Crippen molar-refractivity contribution in [2.24, 2.45) is 0 Å². The molecule has 1 atom stereocenters. The molecule has 0 aliphatic heterocycles. The number of allylic oxidation sites excluding steroid dienone is 9. The molecule has 0 spiro atoms. The molecule has 6 heteroatoms. The molecular weight excluding hydrogens is 853 g/mol. The van der Waals surface area contributed by atoms with Gasteiger partial charge in [-0.1, -0.05) is 300 Å². The van der Waals surface area contributed by atoms with Crippen molar-refractivity contribution in [1.29, 1.82) is 0 Å². The van der Waals surface area contributed by atoms with E-state index in [1.807, 2.05) is 6.08 Å². The third kappa shape index (κ3) is 55.9. The van der Waals surface area contributed by atoms with Crippen molar-refractivity contribution >= 4 is 17.9 Å². The molecule has 0 saturated heterocycles. The summed E-state index contributed by atoms with van der Waals surface area (Å²) in [5.41, 5.74) is 0. The van der Waals surface area contributed by atoms with Gasteiger partial charge in [0.05, 0.1) is 6.42 Å². The molecule has 0 rings (SSSR count). The van der Waals surface area contributed by atoms with Crippen molar-refractivity contribution in [3.63, 3.8) is 0 Å². The van der Waals surface area contributed by atoms with Gasteiger partial charge in [-0.05, 0) is 44.9 Å². The molecule has 0 aromatic carbocycles. The molecule has 6 nitrogen and oxygen atoms in total. The second-order valence-corrected chi connectivity index (χ2v) is 19.9. The Balaban J connectivity index is 4.41. The highest BCUT2D eigenvalue weighted by Crippen LogP contribution is 2.17. The molecule has 0 N–H and O–H groups in total. The number of ether oxygens (including phenoxy) is 3. The highest BCUT2D eigenvalue weighted by Gasteiger charge is 2.19. The monoisotopic (exact) mass is 965 g/mol. The minimum Gasteiger partial charge on any atom is -0.462 e. The third-order valence-corrected chi connectivity index (χ3v) is 13.1. The molecule has 0 aliphatic carbocycles. The predicted molar refractivity (Wildman–Crippen MR) is 298 cm³/mol. The first-order valence-corrected chi connectivity index (χ1v) is 29.8. The lowest BCUT2D eigenvalue weighted by molar-refractivity contribution is -0.166. The zero-order valence-corrected chi connectivity index (χ0v) is 45.8. The SMILES string of the molecule is CC/C=C\C/C=C\C/C=C\C/C=C\C/C=C\CC(=O)OCC(COC(=O)CCCCCCCCCCCCCCCCCCCC)OC(=O)CCCCCCCCCCCCCCCCCCCC. The van der Waals surface area contributed by atoms with E-state index in [4.69, 9.17) is 14.2 Å². The molecule has 1 unspecified atom stereocenters. The summed E-state index contributed by atoms with van der Waals surface area (Å²) in [6.07, 6.45) is 72.4. The fourth-order valence-electron chi connectivity index (χ4n) is 8.64. The van der Waals surface area contributed by atoms with Gasteiger partial charge >= 0.3 is 17.9 Å². The van der Waals surface area contributed by atoms with E-state index in [1.54, 1.807) is 6.08 Å². The van der Waals surface area contributed by atoms with Crippen LogP contribution in [-0.4, -0.2) is 37.2 Å². The third-order valence-electron chi connectivity index (χ3n) is 13.1. The Hall–Kier alpha value is -2.89. The first-order valence-electron chi connectivity index (χ1n) is 29.8. The van der Waals surface area contributed by atoms with Crippen LogP contribution in [0.3, 0.4) is 0 Å². The molecule has 69 heavy (non-hydrogen) atoms. The van der Waals surface area contributed by atoms with Crippen molar-refractivity contribution in [1.82, 2.24) is 0 Å². The summed E-state index contributed by atoms with van der Waals surface area (Å²) < 4.78 is 16.8. The van der Waals surface area contributed by atoms with E-state index >= 15 is 0 Å².